The Morgan fingerprint density at radius 1 is 1.17 bits per heavy atom. The summed E-state index contributed by atoms with van der Waals surface area (Å²) >= 11 is 0. The second-order valence-corrected chi connectivity index (χ2v) is 10.3. The summed E-state index contributed by atoms with van der Waals surface area (Å²) in [6.07, 6.45) is 1.03. The zero-order chi connectivity index (χ0) is 20.9. The minimum absolute atomic E-state index is 0.139. The zero-order valence-corrected chi connectivity index (χ0v) is 17.5. The summed E-state index contributed by atoms with van der Waals surface area (Å²) in [5, 5.41) is 5.08. The lowest BCUT2D eigenvalue weighted by molar-refractivity contribution is 0.109. The van der Waals surface area contributed by atoms with Crippen LogP contribution in [0.5, 0.6) is 0 Å². The molecule has 2 atom stereocenters. The van der Waals surface area contributed by atoms with Crippen molar-refractivity contribution in [3.8, 4) is 11.1 Å². The SMILES string of the molecule is CC(C)CN1C[C@@H]2C[C@H](C1)c1cc(-c3ccc(S(N)(=O)=O)cc3F)cc(=O)n1C2. The molecule has 1 aromatic carbocycles. The molecule has 2 aliphatic rings. The van der Waals surface area contributed by atoms with Crippen molar-refractivity contribution in [1.82, 2.24) is 9.47 Å². The van der Waals surface area contributed by atoms with E-state index in [4.69, 9.17) is 5.14 Å². The molecule has 2 aromatic rings. The molecule has 0 spiro atoms. The van der Waals surface area contributed by atoms with Crippen molar-refractivity contribution in [3.05, 3.63) is 52.2 Å². The molecule has 2 aliphatic heterocycles. The van der Waals surface area contributed by atoms with Crippen LogP contribution in [0.4, 0.5) is 4.39 Å². The fraction of sp³-hybridized carbons (Fsp3) is 0.476. The van der Waals surface area contributed by atoms with E-state index in [0.717, 1.165) is 37.8 Å². The van der Waals surface area contributed by atoms with Crippen molar-refractivity contribution in [2.75, 3.05) is 19.6 Å². The van der Waals surface area contributed by atoms with Crippen molar-refractivity contribution in [2.45, 2.75) is 37.6 Å². The molecule has 6 nitrogen and oxygen atoms in total. The quantitative estimate of drug-likeness (QED) is 0.825. The van der Waals surface area contributed by atoms with Gasteiger partial charge in [0.15, 0.2) is 0 Å². The Labute approximate surface area is 170 Å². The van der Waals surface area contributed by atoms with E-state index in [9.17, 15) is 17.6 Å². The molecule has 1 aromatic heterocycles. The van der Waals surface area contributed by atoms with Crippen LogP contribution in [0.1, 0.15) is 31.9 Å². The van der Waals surface area contributed by atoms with Gasteiger partial charge >= 0.3 is 0 Å². The summed E-state index contributed by atoms with van der Waals surface area (Å²) in [5.74, 6) is 0.559. The van der Waals surface area contributed by atoms with Gasteiger partial charge in [-0.15, -0.1) is 0 Å². The molecule has 2 N–H and O–H groups in total. The Kier molecular flexibility index (Phi) is 5.13. The minimum Gasteiger partial charge on any atom is -0.312 e. The van der Waals surface area contributed by atoms with E-state index >= 15 is 0 Å². The van der Waals surface area contributed by atoms with E-state index in [2.05, 4.69) is 18.7 Å². The molecule has 0 saturated carbocycles. The number of likely N-dealkylation sites (tertiary alicyclic amines) is 1. The Bertz CT molecular complexity index is 1110. The number of pyridine rings is 1. The van der Waals surface area contributed by atoms with Gasteiger partial charge in [0.25, 0.3) is 5.56 Å². The molecular formula is C21H26FN3O3S. The highest BCUT2D eigenvalue weighted by Gasteiger charge is 2.35. The second kappa shape index (κ2) is 7.34. The summed E-state index contributed by atoms with van der Waals surface area (Å²) < 4.78 is 39.4. The van der Waals surface area contributed by atoms with Gasteiger partial charge < -0.3 is 9.47 Å². The van der Waals surface area contributed by atoms with E-state index in [-0.39, 0.29) is 21.9 Å². The number of aromatic nitrogens is 1. The number of benzene rings is 1. The highest BCUT2D eigenvalue weighted by Crippen LogP contribution is 2.37. The first kappa shape index (κ1) is 20.3. The lowest BCUT2D eigenvalue weighted by atomic mass is 9.82. The van der Waals surface area contributed by atoms with Gasteiger partial charge in [-0.05, 0) is 42.0 Å². The smallest absolute Gasteiger partial charge is 0.251 e. The Morgan fingerprint density at radius 3 is 2.59 bits per heavy atom. The van der Waals surface area contributed by atoms with E-state index in [0.29, 0.717) is 23.9 Å². The van der Waals surface area contributed by atoms with Crippen LogP contribution in [0.2, 0.25) is 0 Å². The number of halogens is 1. The number of sulfonamides is 1. The van der Waals surface area contributed by atoms with Gasteiger partial charge in [0.1, 0.15) is 5.82 Å². The largest absolute Gasteiger partial charge is 0.312 e. The van der Waals surface area contributed by atoms with Crippen LogP contribution in [-0.2, 0) is 16.6 Å². The first-order valence-electron chi connectivity index (χ1n) is 9.91. The number of rotatable bonds is 4. The van der Waals surface area contributed by atoms with Gasteiger partial charge in [0, 0.05) is 49.4 Å². The predicted octanol–water partition coefficient (Wildman–Crippen LogP) is 2.38. The number of hydrogen-bond acceptors (Lipinski definition) is 4. The minimum atomic E-state index is -3.99. The number of nitrogens with zero attached hydrogens (tertiary/aromatic N) is 2. The number of piperidine rings is 1. The van der Waals surface area contributed by atoms with Gasteiger partial charge in [-0.2, -0.15) is 0 Å². The molecule has 3 heterocycles. The highest BCUT2D eigenvalue weighted by molar-refractivity contribution is 7.89. The summed E-state index contributed by atoms with van der Waals surface area (Å²) in [4.78, 5) is 15.0. The third kappa shape index (κ3) is 4.01. The standard InChI is InChI=1S/C21H26FN3O3S/c1-13(2)9-24-10-14-5-16(12-24)20-6-15(7-21(26)25(20)11-14)18-4-3-17(8-19(18)22)29(23,27)28/h3-4,6-8,13-14,16H,5,9-12H2,1-2H3,(H2,23,27,28)/t14-,16+/m0/s1. The van der Waals surface area contributed by atoms with Gasteiger partial charge in [-0.1, -0.05) is 19.9 Å². The summed E-state index contributed by atoms with van der Waals surface area (Å²) in [6.45, 7) is 8.02. The van der Waals surface area contributed by atoms with E-state index in [1.165, 1.54) is 18.2 Å². The van der Waals surface area contributed by atoms with Crippen molar-refractivity contribution in [1.29, 1.82) is 0 Å². The van der Waals surface area contributed by atoms with Crippen LogP contribution in [0.25, 0.3) is 11.1 Å². The molecule has 0 radical (unpaired) electrons. The molecule has 2 bridgehead atoms. The third-order valence-electron chi connectivity index (χ3n) is 5.84. The van der Waals surface area contributed by atoms with E-state index in [1.54, 1.807) is 0 Å². The first-order valence-corrected chi connectivity index (χ1v) is 11.5. The van der Waals surface area contributed by atoms with Crippen molar-refractivity contribution in [2.24, 2.45) is 17.0 Å². The Balaban J connectivity index is 1.73. The van der Waals surface area contributed by atoms with Gasteiger partial charge in [-0.3, -0.25) is 4.79 Å². The van der Waals surface area contributed by atoms with Crippen LogP contribution in [0.3, 0.4) is 0 Å². The topological polar surface area (TPSA) is 85.4 Å². The number of hydrogen-bond donors (Lipinski definition) is 1. The molecule has 0 unspecified atom stereocenters. The Hall–Kier alpha value is -2.03. The van der Waals surface area contributed by atoms with Crippen molar-refractivity contribution < 1.29 is 12.8 Å². The normalized spacial score (nSPS) is 22.0. The van der Waals surface area contributed by atoms with Crippen LogP contribution < -0.4 is 10.7 Å². The molecular weight excluding hydrogens is 393 g/mol. The summed E-state index contributed by atoms with van der Waals surface area (Å²) in [5.41, 5.74) is 1.47. The highest BCUT2D eigenvalue weighted by atomic mass is 32.2. The number of nitrogens with two attached hydrogens (primary N) is 1. The monoisotopic (exact) mass is 419 g/mol. The molecule has 8 heteroatoms. The van der Waals surface area contributed by atoms with Crippen molar-refractivity contribution >= 4 is 10.0 Å². The van der Waals surface area contributed by atoms with Gasteiger partial charge in [0.05, 0.1) is 4.90 Å². The average Bonchev–Trinajstić information content (AvgIpc) is 2.61. The first-order chi connectivity index (χ1) is 13.6. The van der Waals surface area contributed by atoms with Gasteiger partial charge in [0.2, 0.25) is 10.0 Å². The second-order valence-electron chi connectivity index (χ2n) is 8.72. The maximum atomic E-state index is 14.7. The molecule has 0 aliphatic carbocycles. The molecule has 29 heavy (non-hydrogen) atoms. The van der Waals surface area contributed by atoms with Crippen LogP contribution in [0, 0.1) is 17.7 Å². The third-order valence-corrected chi connectivity index (χ3v) is 6.75. The maximum Gasteiger partial charge on any atom is 0.251 e. The molecule has 1 saturated heterocycles. The number of fused-ring (bicyclic) bond motifs is 4. The fourth-order valence-electron chi connectivity index (χ4n) is 4.79. The zero-order valence-electron chi connectivity index (χ0n) is 16.6. The fourth-order valence-corrected chi connectivity index (χ4v) is 5.31. The summed E-state index contributed by atoms with van der Waals surface area (Å²) in [7, 11) is -3.99. The lowest BCUT2D eigenvalue weighted by Crippen LogP contribution is -2.48. The van der Waals surface area contributed by atoms with Gasteiger partial charge in [-0.25, -0.2) is 17.9 Å². The van der Waals surface area contributed by atoms with E-state index < -0.39 is 15.8 Å². The summed E-state index contributed by atoms with van der Waals surface area (Å²) in [6, 6.07) is 6.87. The van der Waals surface area contributed by atoms with Crippen molar-refractivity contribution in [3.63, 3.8) is 0 Å². The Morgan fingerprint density at radius 2 is 1.93 bits per heavy atom. The van der Waals surface area contributed by atoms with Crippen LogP contribution in [-0.4, -0.2) is 37.5 Å². The van der Waals surface area contributed by atoms with Crippen LogP contribution in [0.15, 0.2) is 40.0 Å². The van der Waals surface area contributed by atoms with E-state index in [1.807, 2.05) is 10.6 Å². The molecule has 4 rings (SSSR count). The molecule has 156 valence electrons. The molecule has 1 fully saturated rings. The number of primary sulfonamides is 1. The van der Waals surface area contributed by atoms with Crippen LogP contribution >= 0.6 is 0 Å². The average molecular weight is 420 g/mol. The lowest BCUT2D eigenvalue weighted by Gasteiger charge is -2.43. The predicted molar refractivity (Wildman–Crippen MR) is 110 cm³/mol. The maximum absolute atomic E-state index is 14.7. The molecule has 0 amide bonds.